The Hall–Kier alpha value is -1.39. The van der Waals surface area contributed by atoms with Crippen LogP contribution in [-0.2, 0) is 13.2 Å². The normalized spacial score (nSPS) is 10.9. The molecule has 1 aromatic heterocycles. The van der Waals surface area contributed by atoms with Gasteiger partial charge in [-0.15, -0.1) is 11.3 Å². The van der Waals surface area contributed by atoms with Crippen LogP contribution in [0.15, 0.2) is 35.2 Å². The molecule has 4 heteroatoms. The molecule has 19 heavy (non-hydrogen) atoms. The van der Waals surface area contributed by atoms with Crippen molar-refractivity contribution in [1.82, 2.24) is 10.3 Å². The highest BCUT2D eigenvalue weighted by Gasteiger charge is 2.04. The Morgan fingerprint density at radius 1 is 1.32 bits per heavy atom. The molecule has 3 nitrogen and oxygen atoms in total. The van der Waals surface area contributed by atoms with E-state index in [1.807, 2.05) is 29.1 Å². The average molecular weight is 276 g/mol. The van der Waals surface area contributed by atoms with Crippen LogP contribution in [0, 0.1) is 5.92 Å². The summed E-state index contributed by atoms with van der Waals surface area (Å²) >= 11 is 1.59. The van der Waals surface area contributed by atoms with Crippen LogP contribution in [-0.4, -0.2) is 11.5 Å². The van der Waals surface area contributed by atoms with Gasteiger partial charge in [-0.25, -0.2) is 4.98 Å². The van der Waals surface area contributed by atoms with E-state index >= 15 is 0 Å². The third kappa shape index (κ3) is 4.65. The van der Waals surface area contributed by atoms with Gasteiger partial charge in [-0.2, -0.15) is 0 Å². The first-order valence-corrected chi connectivity index (χ1v) is 7.48. The van der Waals surface area contributed by atoms with Crippen molar-refractivity contribution >= 4 is 11.3 Å². The third-order valence-corrected chi connectivity index (χ3v) is 3.33. The molecule has 102 valence electrons. The standard InChI is InChI=1S/C15H20N2OS/c1-12(2)7-16-8-13-5-3-4-6-15(13)18-9-14-10-19-11-17-14/h3-6,10-12,16H,7-9H2,1-2H3. The maximum Gasteiger partial charge on any atom is 0.131 e. The zero-order chi connectivity index (χ0) is 13.5. The van der Waals surface area contributed by atoms with Crippen LogP contribution in [0.25, 0.3) is 0 Å². The summed E-state index contributed by atoms with van der Waals surface area (Å²) in [5.74, 6) is 1.59. The molecule has 1 aromatic carbocycles. The number of hydrogen-bond acceptors (Lipinski definition) is 4. The van der Waals surface area contributed by atoms with Crippen molar-refractivity contribution in [1.29, 1.82) is 0 Å². The third-order valence-electron chi connectivity index (χ3n) is 2.70. The van der Waals surface area contributed by atoms with Crippen LogP contribution in [0.5, 0.6) is 5.75 Å². The average Bonchev–Trinajstić information content (AvgIpc) is 2.90. The lowest BCUT2D eigenvalue weighted by molar-refractivity contribution is 0.298. The summed E-state index contributed by atoms with van der Waals surface area (Å²) in [5.41, 5.74) is 4.00. The largest absolute Gasteiger partial charge is 0.487 e. The van der Waals surface area contributed by atoms with Crippen molar-refractivity contribution in [3.63, 3.8) is 0 Å². The predicted molar refractivity (Wildman–Crippen MR) is 79.4 cm³/mol. The van der Waals surface area contributed by atoms with E-state index in [1.54, 1.807) is 11.3 Å². The second-order valence-electron chi connectivity index (χ2n) is 4.90. The highest BCUT2D eigenvalue weighted by molar-refractivity contribution is 7.07. The van der Waals surface area contributed by atoms with Gasteiger partial charge in [0, 0.05) is 17.5 Å². The number of benzene rings is 1. The molecule has 0 aliphatic heterocycles. The van der Waals surface area contributed by atoms with E-state index in [0.717, 1.165) is 24.5 Å². The van der Waals surface area contributed by atoms with Crippen LogP contribution in [0.1, 0.15) is 25.1 Å². The molecule has 2 aromatic rings. The first-order valence-electron chi connectivity index (χ1n) is 6.54. The Balaban J connectivity index is 1.92. The zero-order valence-electron chi connectivity index (χ0n) is 11.4. The Kier molecular flexibility index (Phi) is 5.36. The van der Waals surface area contributed by atoms with Gasteiger partial charge >= 0.3 is 0 Å². The van der Waals surface area contributed by atoms with Gasteiger partial charge in [0.05, 0.1) is 11.2 Å². The first kappa shape index (κ1) is 14.0. The van der Waals surface area contributed by atoms with Crippen molar-refractivity contribution < 1.29 is 4.74 Å². The van der Waals surface area contributed by atoms with Gasteiger partial charge in [-0.1, -0.05) is 32.0 Å². The molecule has 0 aliphatic carbocycles. The number of aromatic nitrogens is 1. The second kappa shape index (κ2) is 7.26. The Bertz CT molecular complexity index is 483. The predicted octanol–water partition coefficient (Wildman–Crippen LogP) is 3.47. The minimum Gasteiger partial charge on any atom is -0.487 e. The lowest BCUT2D eigenvalue weighted by Crippen LogP contribution is -2.19. The smallest absolute Gasteiger partial charge is 0.131 e. The molecule has 0 saturated carbocycles. The van der Waals surface area contributed by atoms with Crippen LogP contribution in [0.2, 0.25) is 0 Å². The summed E-state index contributed by atoms with van der Waals surface area (Å²) in [6.45, 7) is 6.80. The molecule has 0 fully saturated rings. The lowest BCUT2D eigenvalue weighted by atomic mass is 10.2. The monoisotopic (exact) mass is 276 g/mol. The van der Waals surface area contributed by atoms with Crippen molar-refractivity contribution in [3.8, 4) is 5.75 Å². The van der Waals surface area contributed by atoms with E-state index in [2.05, 4.69) is 30.2 Å². The molecule has 2 rings (SSSR count). The van der Waals surface area contributed by atoms with Gasteiger partial charge < -0.3 is 10.1 Å². The van der Waals surface area contributed by atoms with Gasteiger partial charge in [0.1, 0.15) is 12.4 Å². The molecule has 0 spiro atoms. The molecule has 0 amide bonds. The maximum absolute atomic E-state index is 5.84. The number of nitrogens with zero attached hydrogens (tertiary/aromatic N) is 1. The van der Waals surface area contributed by atoms with E-state index in [0.29, 0.717) is 12.5 Å². The van der Waals surface area contributed by atoms with Crippen LogP contribution < -0.4 is 10.1 Å². The van der Waals surface area contributed by atoms with Crippen LogP contribution >= 0.6 is 11.3 Å². The molecule has 0 radical (unpaired) electrons. The minimum atomic E-state index is 0.532. The van der Waals surface area contributed by atoms with Crippen molar-refractivity contribution in [3.05, 3.63) is 46.4 Å². The van der Waals surface area contributed by atoms with Gasteiger partial charge in [-0.3, -0.25) is 0 Å². The minimum absolute atomic E-state index is 0.532. The highest BCUT2D eigenvalue weighted by Crippen LogP contribution is 2.19. The lowest BCUT2D eigenvalue weighted by Gasteiger charge is -2.12. The topological polar surface area (TPSA) is 34.1 Å². The molecule has 1 heterocycles. The van der Waals surface area contributed by atoms with E-state index in [4.69, 9.17) is 4.74 Å². The van der Waals surface area contributed by atoms with E-state index in [-0.39, 0.29) is 0 Å². The first-order chi connectivity index (χ1) is 9.25. The number of hydrogen-bond donors (Lipinski definition) is 1. The van der Waals surface area contributed by atoms with E-state index in [1.165, 1.54) is 5.56 Å². The molecule has 1 N–H and O–H groups in total. The van der Waals surface area contributed by atoms with Gasteiger partial charge in [0.25, 0.3) is 0 Å². The molecule has 0 unspecified atom stereocenters. The highest BCUT2D eigenvalue weighted by atomic mass is 32.1. The number of para-hydroxylation sites is 1. The summed E-state index contributed by atoms with van der Waals surface area (Å²) in [6.07, 6.45) is 0. The molecular weight excluding hydrogens is 256 g/mol. The van der Waals surface area contributed by atoms with Gasteiger partial charge in [0.15, 0.2) is 0 Å². The summed E-state index contributed by atoms with van der Waals surface area (Å²) in [4.78, 5) is 4.22. The van der Waals surface area contributed by atoms with Crippen LogP contribution in [0.3, 0.4) is 0 Å². The summed E-state index contributed by atoms with van der Waals surface area (Å²) in [7, 11) is 0. The fourth-order valence-corrected chi connectivity index (χ4v) is 2.29. The van der Waals surface area contributed by atoms with E-state index < -0.39 is 0 Å². The van der Waals surface area contributed by atoms with E-state index in [9.17, 15) is 0 Å². The molecule has 0 bridgehead atoms. The zero-order valence-corrected chi connectivity index (χ0v) is 12.2. The maximum atomic E-state index is 5.84. The summed E-state index contributed by atoms with van der Waals surface area (Å²) < 4.78 is 5.84. The SMILES string of the molecule is CC(C)CNCc1ccccc1OCc1cscn1. The fourth-order valence-electron chi connectivity index (χ4n) is 1.75. The Morgan fingerprint density at radius 2 is 2.16 bits per heavy atom. The van der Waals surface area contributed by atoms with Crippen molar-refractivity contribution in [2.24, 2.45) is 5.92 Å². The van der Waals surface area contributed by atoms with Crippen molar-refractivity contribution in [2.75, 3.05) is 6.54 Å². The summed E-state index contributed by atoms with van der Waals surface area (Å²) in [5, 5.41) is 5.45. The van der Waals surface area contributed by atoms with Crippen molar-refractivity contribution in [2.45, 2.75) is 27.0 Å². The van der Waals surface area contributed by atoms with Gasteiger partial charge in [0.2, 0.25) is 0 Å². The second-order valence-corrected chi connectivity index (χ2v) is 5.62. The number of ether oxygens (including phenoxy) is 1. The number of thiazole rings is 1. The number of rotatable bonds is 7. The molecule has 0 saturated heterocycles. The fraction of sp³-hybridized carbons (Fsp3) is 0.400. The quantitative estimate of drug-likeness (QED) is 0.841. The number of nitrogens with one attached hydrogen (secondary N) is 1. The Morgan fingerprint density at radius 3 is 2.89 bits per heavy atom. The molecule has 0 aliphatic rings. The van der Waals surface area contributed by atoms with Crippen LogP contribution in [0.4, 0.5) is 0 Å². The van der Waals surface area contributed by atoms with Gasteiger partial charge in [-0.05, 0) is 18.5 Å². The molecular formula is C15H20N2OS. The summed E-state index contributed by atoms with van der Waals surface area (Å²) in [6, 6.07) is 8.16. The molecule has 0 atom stereocenters. The Labute approximate surface area is 118 Å².